The molecule has 1 unspecified atom stereocenters. The molecule has 0 saturated heterocycles. The highest BCUT2D eigenvalue weighted by molar-refractivity contribution is 6.30. The van der Waals surface area contributed by atoms with Crippen LogP contribution in [-0.2, 0) is 0 Å². The minimum Gasteiger partial charge on any atom is -0.493 e. The van der Waals surface area contributed by atoms with Crippen molar-refractivity contribution < 1.29 is 18.7 Å². The lowest BCUT2D eigenvalue weighted by molar-refractivity contribution is 0.172. The zero-order valence-electron chi connectivity index (χ0n) is 15.0. The summed E-state index contributed by atoms with van der Waals surface area (Å²) in [6, 6.07) is 11.6. The molecule has 0 aliphatic heterocycles. The van der Waals surface area contributed by atoms with Crippen LogP contribution in [0, 0.1) is 5.82 Å². The molecule has 0 bridgehead atoms. The van der Waals surface area contributed by atoms with Crippen molar-refractivity contribution in [2.24, 2.45) is 0 Å². The highest BCUT2D eigenvalue weighted by Crippen LogP contribution is 2.24. The monoisotopic (exact) mass is 380 g/mol. The smallest absolute Gasteiger partial charge is 0.414 e. The Balaban J connectivity index is 1.97. The predicted octanol–water partition coefficient (Wildman–Crippen LogP) is 4.27. The average molecular weight is 381 g/mol. The van der Waals surface area contributed by atoms with E-state index in [2.05, 4.69) is 5.32 Å². The fourth-order valence-corrected chi connectivity index (χ4v) is 2.44. The molecule has 0 radical (unpaired) electrons. The van der Waals surface area contributed by atoms with Crippen molar-refractivity contribution in [3.8, 4) is 11.5 Å². The highest BCUT2D eigenvalue weighted by atomic mass is 35.5. The van der Waals surface area contributed by atoms with E-state index in [-0.39, 0.29) is 11.1 Å². The summed E-state index contributed by atoms with van der Waals surface area (Å²) in [5.41, 5.74) is 0.961. The van der Waals surface area contributed by atoms with E-state index >= 15 is 0 Å². The molecule has 0 heterocycles. The maximum atomic E-state index is 13.4. The molecule has 0 aliphatic rings. The Labute approximate surface area is 157 Å². The van der Waals surface area contributed by atoms with E-state index in [0.29, 0.717) is 24.5 Å². The van der Waals surface area contributed by atoms with Crippen LogP contribution in [0.4, 0.5) is 9.18 Å². The molecule has 2 rings (SSSR count). The summed E-state index contributed by atoms with van der Waals surface area (Å²) in [4.78, 5) is 13.0. The molecule has 0 spiro atoms. The summed E-state index contributed by atoms with van der Waals surface area (Å²) in [5.74, 6) is 0.391. The Kier molecular flexibility index (Phi) is 7.24. The number of nitrogens with zero attached hydrogens (tertiary/aromatic N) is 1. The van der Waals surface area contributed by atoms with Crippen LogP contribution in [0.25, 0.3) is 0 Å². The van der Waals surface area contributed by atoms with Crippen molar-refractivity contribution in [1.82, 2.24) is 10.2 Å². The van der Waals surface area contributed by atoms with E-state index < -0.39 is 11.9 Å². The molecule has 0 aromatic heterocycles. The first kappa shape index (κ1) is 20.0. The molecule has 7 heteroatoms. The molecule has 0 aliphatic carbocycles. The summed E-state index contributed by atoms with van der Waals surface area (Å²) < 4.78 is 24.3. The highest BCUT2D eigenvalue weighted by Gasteiger charge is 2.13. The van der Waals surface area contributed by atoms with Crippen molar-refractivity contribution >= 4 is 17.7 Å². The van der Waals surface area contributed by atoms with E-state index in [9.17, 15) is 9.18 Å². The topological polar surface area (TPSA) is 50.8 Å². The fourth-order valence-electron chi connectivity index (χ4n) is 2.33. The lowest BCUT2D eigenvalue weighted by Crippen LogP contribution is -2.25. The Morgan fingerprint density at radius 2 is 2.00 bits per heavy atom. The first-order valence-electron chi connectivity index (χ1n) is 8.15. The Morgan fingerprint density at radius 1 is 1.23 bits per heavy atom. The van der Waals surface area contributed by atoms with Gasteiger partial charge in [0, 0.05) is 32.6 Å². The number of carbonyl (C=O) groups is 1. The first-order chi connectivity index (χ1) is 12.4. The van der Waals surface area contributed by atoms with Crippen molar-refractivity contribution in [3.05, 3.63) is 58.9 Å². The van der Waals surface area contributed by atoms with Crippen molar-refractivity contribution in [2.45, 2.75) is 12.5 Å². The van der Waals surface area contributed by atoms with Gasteiger partial charge in [-0.2, -0.15) is 0 Å². The van der Waals surface area contributed by atoms with Gasteiger partial charge in [-0.05, 0) is 36.9 Å². The second-order valence-electron chi connectivity index (χ2n) is 5.89. The van der Waals surface area contributed by atoms with Gasteiger partial charge in [0.25, 0.3) is 0 Å². The van der Waals surface area contributed by atoms with Gasteiger partial charge in [0.1, 0.15) is 17.3 Å². The van der Waals surface area contributed by atoms with Gasteiger partial charge in [-0.25, -0.2) is 9.18 Å². The van der Waals surface area contributed by atoms with Crippen LogP contribution in [0.1, 0.15) is 18.0 Å². The number of nitrogens with one attached hydrogen (secondary N) is 1. The van der Waals surface area contributed by atoms with Crippen LogP contribution >= 0.6 is 11.6 Å². The van der Waals surface area contributed by atoms with Crippen molar-refractivity contribution in [1.29, 1.82) is 0 Å². The van der Waals surface area contributed by atoms with E-state index in [4.69, 9.17) is 21.1 Å². The van der Waals surface area contributed by atoms with E-state index in [0.717, 1.165) is 5.56 Å². The molecule has 1 N–H and O–H groups in total. The maximum Gasteiger partial charge on any atom is 0.414 e. The van der Waals surface area contributed by atoms with Crippen LogP contribution in [0.3, 0.4) is 0 Å². The van der Waals surface area contributed by atoms with Gasteiger partial charge in [-0.3, -0.25) is 0 Å². The number of amides is 1. The molecule has 1 atom stereocenters. The van der Waals surface area contributed by atoms with Crippen molar-refractivity contribution in [2.75, 3.05) is 27.7 Å². The lowest BCUT2D eigenvalue weighted by Gasteiger charge is -2.18. The van der Waals surface area contributed by atoms with Crippen LogP contribution in [0.2, 0.25) is 5.02 Å². The number of benzene rings is 2. The Hall–Kier alpha value is -2.31. The third-order valence-corrected chi connectivity index (χ3v) is 4.05. The van der Waals surface area contributed by atoms with Crippen LogP contribution in [0.15, 0.2) is 42.5 Å². The molecule has 2 aromatic carbocycles. The molecule has 2 aromatic rings. The first-order valence-corrected chi connectivity index (χ1v) is 8.52. The third-order valence-electron chi connectivity index (χ3n) is 3.75. The van der Waals surface area contributed by atoms with Gasteiger partial charge in [-0.15, -0.1) is 0 Å². The summed E-state index contributed by atoms with van der Waals surface area (Å²) >= 11 is 5.66. The van der Waals surface area contributed by atoms with E-state index in [1.165, 1.54) is 17.0 Å². The molecular formula is C19H22ClFN2O3. The van der Waals surface area contributed by atoms with Gasteiger partial charge >= 0.3 is 6.09 Å². The number of hydrogen-bond acceptors (Lipinski definition) is 4. The minimum absolute atomic E-state index is 0.00912. The maximum absolute atomic E-state index is 13.4. The van der Waals surface area contributed by atoms with Gasteiger partial charge < -0.3 is 19.7 Å². The van der Waals surface area contributed by atoms with Gasteiger partial charge in [0.15, 0.2) is 0 Å². The van der Waals surface area contributed by atoms with E-state index in [1.807, 2.05) is 25.2 Å². The third kappa shape index (κ3) is 5.61. The summed E-state index contributed by atoms with van der Waals surface area (Å²) in [7, 11) is 5.09. The second kappa shape index (κ2) is 9.40. The summed E-state index contributed by atoms with van der Waals surface area (Å²) in [6.45, 7) is 0.383. The van der Waals surface area contributed by atoms with Gasteiger partial charge in [-0.1, -0.05) is 23.7 Å². The summed E-state index contributed by atoms with van der Waals surface area (Å²) in [5, 5.41) is 3.27. The number of ether oxygens (including phenoxy) is 2. The van der Waals surface area contributed by atoms with Crippen LogP contribution in [-0.4, -0.2) is 38.7 Å². The molecule has 140 valence electrons. The SMILES string of the molecule is CNC(CCOc1ccc(Cl)c(F)c1)c1cccc(OC(=O)N(C)C)c1. The van der Waals surface area contributed by atoms with Crippen LogP contribution in [0.5, 0.6) is 11.5 Å². The normalized spacial score (nSPS) is 11.7. The largest absolute Gasteiger partial charge is 0.493 e. The number of halogens is 2. The molecule has 5 nitrogen and oxygen atoms in total. The molecule has 26 heavy (non-hydrogen) atoms. The summed E-state index contributed by atoms with van der Waals surface area (Å²) in [6.07, 6.45) is 0.211. The predicted molar refractivity (Wildman–Crippen MR) is 99.5 cm³/mol. The Bertz CT molecular complexity index is 755. The Morgan fingerprint density at radius 3 is 2.65 bits per heavy atom. The second-order valence-corrected chi connectivity index (χ2v) is 6.30. The standard InChI is InChI=1S/C19H22ClFN2O3/c1-22-18(9-10-25-14-7-8-16(20)17(21)12-14)13-5-4-6-15(11-13)26-19(24)23(2)3/h4-8,11-12,18,22H,9-10H2,1-3H3. The minimum atomic E-state index is -0.509. The molecule has 0 fully saturated rings. The van der Waals surface area contributed by atoms with Gasteiger partial charge in [0.05, 0.1) is 11.6 Å². The fraction of sp³-hybridized carbons (Fsp3) is 0.316. The average Bonchev–Trinajstić information content (AvgIpc) is 2.62. The quantitative estimate of drug-likeness (QED) is 0.779. The zero-order valence-corrected chi connectivity index (χ0v) is 15.7. The molecular weight excluding hydrogens is 359 g/mol. The zero-order chi connectivity index (χ0) is 19.1. The number of hydrogen-bond donors (Lipinski definition) is 1. The van der Waals surface area contributed by atoms with Gasteiger partial charge in [0.2, 0.25) is 0 Å². The molecule has 1 amide bonds. The number of rotatable bonds is 7. The number of carbonyl (C=O) groups excluding carboxylic acids is 1. The van der Waals surface area contributed by atoms with Crippen LogP contribution < -0.4 is 14.8 Å². The lowest BCUT2D eigenvalue weighted by atomic mass is 10.0. The van der Waals surface area contributed by atoms with Crippen molar-refractivity contribution in [3.63, 3.8) is 0 Å². The van der Waals surface area contributed by atoms with E-state index in [1.54, 1.807) is 26.2 Å². The molecule has 0 saturated carbocycles.